The minimum atomic E-state index is -0.448. The summed E-state index contributed by atoms with van der Waals surface area (Å²) >= 11 is 0. The fourth-order valence-corrected chi connectivity index (χ4v) is 1.62. The number of nitrogens with one attached hydrogen (secondary N) is 1. The molecule has 0 bridgehead atoms. The lowest BCUT2D eigenvalue weighted by Crippen LogP contribution is -2.33. The van der Waals surface area contributed by atoms with Crippen LogP contribution in [0.15, 0.2) is 18.2 Å². The molecule has 0 fully saturated rings. The van der Waals surface area contributed by atoms with Gasteiger partial charge in [0.1, 0.15) is 5.82 Å². The topological polar surface area (TPSA) is 55.1 Å². The minimum absolute atomic E-state index is 0.00552. The number of carbonyl (C=O) groups is 1. The Hall–Kier alpha value is -1.42. The molecule has 0 radical (unpaired) electrons. The third-order valence-electron chi connectivity index (χ3n) is 2.66. The van der Waals surface area contributed by atoms with Crippen LogP contribution in [0.3, 0.4) is 0 Å². The molecule has 0 aliphatic carbocycles. The molecular formula is C13H19FN2O. The summed E-state index contributed by atoms with van der Waals surface area (Å²) in [7, 11) is 0. The fraction of sp³-hybridized carbons (Fsp3) is 0.462. The van der Waals surface area contributed by atoms with E-state index in [1.54, 1.807) is 19.1 Å². The van der Waals surface area contributed by atoms with Crippen molar-refractivity contribution in [2.75, 3.05) is 6.54 Å². The monoisotopic (exact) mass is 238 g/mol. The maximum Gasteiger partial charge on any atom is 0.254 e. The number of hydrogen-bond acceptors (Lipinski definition) is 2. The number of hydrogen-bond donors (Lipinski definition) is 2. The normalized spacial score (nSPS) is 12.2. The molecule has 1 aromatic rings. The lowest BCUT2D eigenvalue weighted by atomic mass is 10.1. The van der Waals surface area contributed by atoms with Gasteiger partial charge in [-0.2, -0.15) is 0 Å². The van der Waals surface area contributed by atoms with Gasteiger partial charge in [-0.25, -0.2) is 4.39 Å². The van der Waals surface area contributed by atoms with Crippen molar-refractivity contribution < 1.29 is 9.18 Å². The van der Waals surface area contributed by atoms with Crippen molar-refractivity contribution in [1.82, 2.24) is 5.32 Å². The molecule has 0 heterocycles. The third kappa shape index (κ3) is 3.82. The van der Waals surface area contributed by atoms with Crippen molar-refractivity contribution in [2.45, 2.75) is 32.7 Å². The molecular weight excluding hydrogens is 219 g/mol. The van der Waals surface area contributed by atoms with E-state index in [-0.39, 0.29) is 17.5 Å². The summed E-state index contributed by atoms with van der Waals surface area (Å²) in [5.74, 6) is -0.813. The number of nitrogens with two attached hydrogens (primary N) is 1. The van der Waals surface area contributed by atoms with E-state index in [1.807, 2.05) is 6.92 Å². The van der Waals surface area contributed by atoms with Crippen molar-refractivity contribution in [2.24, 2.45) is 5.73 Å². The Morgan fingerprint density at radius 1 is 1.53 bits per heavy atom. The Morgan fingerprint density at radius 3 is 2.88 bits per heavy atom. The first kappa shape index (κ1) is 13.6. The van der Waals surface area contributed by atoms with Gasteiger partial charge in [-0.05, 0) is 44.9 Å². The molecule has 4 heteroatoms. The Balaban J connectivity index is 2.67. The minimum Gasteiger partial charge on any atom is -0.349 e. The standard InChI is InChI=1S/C13H19FN2O/c1-9-5-3-7-11(12(9)14)13(17)16-10(2)6-4-8-15/h3,5,7,10H,4,6,8,15H2,1-2H3,(H,16,17). The number of amides is 1. The van der Waals surface area contributed by atoms with E-state index in [1.165, 1.54) is 6.07 Å². The zero-order valence-electron chi connectivity index (χ0n) is 10.3. The summed E-state index contributed by atoms with van der Waals surface area (Å²) in [5.41, 5.74) is 5.97. The van der Waals surface area contributed by atoms with Gasteiger partial charge in [-0.1, -0.05) is 12.1 Å². The van der Waals surface area contributed by atoms with E-state index in [0.29, 0.717) is 12.1 Å². The molecule has 0 saturated heterocycles. The highest BCUT2D eigenvalue weighted by Gasteiger charge is 2.14. The molecule has 1 amide bonds. The van der Waals surface area contributed by atoms with E-state index >= 15 is 0 Å². The summed E-state index contributed by atoms with van der Waals surface area (Å²) in [5, 5.41) is 2.76. The molecule has 3 N–H and O–H groups in total. The summed E-state index contributed by atoms with van der Waals surface area (Å²) in [4.78, 5) is 11.8. The SMILES string of the molecule is Cc1cccc(C(=O)NC(C)CCCN)c1F. The predicted octanol–water partition coefficient (Wildman–Crippen LogP) is 1.99. The van der Waals surface area contributed by atoms with Gasteiger partial charge in [0.05, 0.1) is 5.56 Å². The number of carbonyl (C=O) groups excluding carboxylic acids is 1. The first-order valence-electron chi connectivity index (χ1n) is 5.82. The van der Waals surface area contributed by atoms with Crippen LogP contribution in [-0.2, 0) is 0 Å². The molecule has 1 atom stereocenters. The lowest BCUT2D eigenvalue weighted by Gasteiger charge is -2.14. The molecule has 0 aliphatic heterocycles. The molecule has 0 saturated carbocycles. The van der Waals surface area contributed by atoms with Crippen LogP contribution >= 0.6 is 0 Å². The second kappa shape index (κ2) is 6.35. The smallest absolute Gasteiger partial charge is 0.254 e. The van der Waals surface area contributed by atoms with E-state index in [0.717, 1.165) is 12.8 Å². The summed E-state index contributed by atoms with van der Waals surface area (Å²) < 4.78 is 13.7. The van der Waals surface area contributed by atoms with Crippen LogP contribution in [0.5, 0.6) is 0 Å². The Kier molecular flexibility index (Phi) is 5.10. The van der Waals surface area contributed by atoms with E-state index in [4.69, 9.17) is 5.73 Å². The molecule has 0 aromatic heterocycles. The Morgan fingerprint density at radius 2 is 2.24 bits per heavy atom. The Labute approximate surface area is 101 Å². The summed E-state index contributed by atoms with van der Waals surface area (Å²) in [6.07, 6.45) is 1.65. The maximum atomic E-state index is 13.7. The van der Waals surface area contributed by atoms with Crippen LogP contribution in [0.4, 0.5) is 4.39 Å². The van der Waals surface area contributed by atoms with Gasteiger partial charge in [0.15, 0.2) is 0 Å². The summed E-state index contributed by atoms with van der Waals surface area (Å²) in [6.45, 7) is 4.13. The van der Waals surface area contributed by atoms with Crippen molar-refractivity contribution in [3.8, 4) is 0 Å². The van der Waals surface area contributed by atoms with Crippen LogP contribution in [0, 0.1) is 12.7 Å². The molecule has 1 rings (SSSR count). The molecule has 1 aromatic carbocycles. The van der Waals surface area contributed by atoms with E-state index in [2.05, 4.69) is 5.32 Å². The van der Waals surface area contributed by atoms with Gasteiger partial charge in [-0.15, -0.1) is 0 Å². The predicted molar refractivity (Wildman–Crippen MR) is 66.4 cm³/mol. The zero-order valence-corrected chi connectivity index (χ0v) is 10.3. The molecule has 17 heavy (non-hydrogen) atoms. The summed E-state index contributed by atoms with van der Waals surface area (Å²) in [6, 6.07) is 4.82. The first-order chi connectivity index (χ1) is 8.06. The molecule has 1 unspecified atom stereocenters. The van der Waals surface area contributed by atoms with E-state index < -0.39 is 5.82 Å². The highest BCUT2D eigenvalue weighted by Crippen LogP contribution is 2.12. The van der Waals surface area contributed by atoms with Crippen LogP contribution in [0.2, 0.25) is 0 Å². The first-order valence-corrected chi connectivity index (χ1v) is 5.82. The van der Waals surface area contributed by atoms with Crippen LogP contribution in [0.1, 0.15) is 35.7 Å². The van der Waals surface area contributed by atoms with Gasteiger partial charge in [0.2, 0.25) is 0 Å². The average Bonchev–Trinajstić information content (AvgIpc) is 2.29. The van der Waals surface area contributed by atoms with Crippen LogP contribution < -0.4 is 11.1 Å². The average molecular weight is 238 g/mol. The maximum absolute atomic E-state index is 13.7. The van der Waals surface area contributed by atoms with Gasteiger partial charge < -0.3 is 11.1 Å². The quantitative estimate of drug-likeness (QED) is 0.824. The molecule has 94 valence electrons. The third-order valence-corrected chi connectivity index (χ3v) is 2.66. The van der Waals surface area contributed by atoms with Crippen molar-refractivity contribution >= 4 is 5.91 Å². The number of benzene rings is 1. The molecule has 0 aliphatic rings. The van der Waals surface area contributed by atoms with E-state index in [9.17, 15) is 9.18 Å². The van der Waals surface area contributed by atoms with Gasteiger partial charge in [0.25, 0.3) is 5.91 Å². The second-order valence-electron chi connectivity index (χ2n) is 4.24. The molecule has 3 nitrogen and oxygen atoms in total. The largest absolute Gasteiger partial charge is 0.349 e. The molecule has 0 spiro atoms. The zero-order chi connectivity index (χ0) is 12.8. The van der Waals surface area contributed by atoms with Crippen molar-refractivity contribution in [3.05, 3.63) is 35.1 Å². The van der Waals surface area contributed by atoms with Gasteiger partial charge in [-0.3, -0.25) is 4.79 Å². The highest BCUT2D eigenvalue weighted by atomic mass is 19.1. The number of rotatable bonds is 5. The van der Waals surface area contributed by atoms with Crippen LogP contribution in [-0.4, -0.2) is 18.5 Å². The lowest BCUT2D eigenvalue weighted by molar-refractivity contribution is 0.0934. The van der Waals surface area contributed by atoms with Crippen molar-refractivity contribution in [3.63, 3.8) is 0 Å². The fourth-order valence-electron chi connectivity index (χ4n) is 1.62. The van der Waals surface area contributed by atoms with Crippen molar-refractivity contribution in [1.29, 1.82) is 0 Å². The highest BCUT2D eigenvalue weighted by molar-refractivity contribution is 5.94. The number of halogens is 1. The van der Waals surface area contributed by atoms with Gasteiger partial charge in [0, 0.05) is 6.04 Å². The van der Waals surface area contributed by atoms with Gasteiger partial charge >= 0.3 is 0 Å². The van der Waals surface area contributed by atoms with Crippen LogP contribution in [0.25, 0.3) is 0 Å². The Bertz CT molecular complexity index is 393. The number of aryl methyl sites for hydroxylation is 1. The second-order valence-corrected chi connectivity index (χ2v) is 4.24.